The van der Waals surface area contributed by atoms with E-state index in [9.17, 15) is 4.79 Å². The summed E-state index contributed by atoms with van der Waals surface area (Å²) in [6.45, 7) is 5.86. The van der Waals surface area contributed by atoms with Crippen LogP contribution in [0.15, 0.2) is 34.8 Å². The van der Waals surface area contributed by atoms with Crippen LogP contribution in [-0.4, -0.2) is 19.1 Å². The average Bonchev–Trinajstić information content (AvgIpc) is 2.85. The van der Waals surface area contributed by atoms with Crippen LogP contribution in [0.1, 0.15) is 25.2 Å². The molecule has 0 aliphatic rings. The molecule has 1 aromatic carbocycles. The van der Waals surface area contributed by atoms with Crippen LogP contribution in [0, 0.1) is 0 Å². The molecule has 0 bridgehead atoms. The lowest BCUT2D eigenvalue weighted by atomic mass is 10.1. The number of rotatable bonds is 6. The minimum absolute atomic E-state index is 0.326. The average molecular weight is 273 g/mol. The summed E-state index contributed by atoms with van der Waals surface area (Å²) in [5, 5.41) is 4.26. The van der Waals surface area contributed by atoms with Gasteiger partial charge in [-0.25, -0.2) is 4.79 Å². The Hall–Kier alpha value is -2.07. The first-order chi connectivity index (χ1) is 9.72. The molecular weight excluding hydrogens is 254 g/mol. The highest BCUT2D eigenvalue weighted by Crippen LogP contribution is 2.21. The molecule has 4 nitrogen and oxygen atoms in total. The van der Waals surface area contributed by atoms with Gasteiger partial charge in [0, 0.05) is 11.5 Å². The van der Waals surface area contributed by atoms with Crippen LogP contribution < -0.4 is 5.32 Å². The van der Waals surface area contributed by atoms with Gasteiger partial charge in [-0.05, 0) is 43.3 Å². The fraction of sp³-hybridized carbons (Fsp3) is 0.312. The molecule has 0 atom stereocenters. The fourth-order valence-electron chi connectivity index (χ4n) is 1.91. The van der Waals surface area contributed by atoms with Crippen LogP contribution in [0.2, 0.25) is 0 Å². The monoisotopic (exact) mass is 273 g/mol. The van der Waals surface area contributed by atoms with Gasteiger partial charge in [0.2, 0.25) is 0 Å². The zero-order valence-corrected chi connectivity index (χ0v) is 11.8. The van der Waals surface area contributed by atoms with Gasteiger partial charge in [0.05, 0.1) is 13.2 Å². The Balaban J connectivity index is 2.14. The number of furan rings is 1. The standard InChI is InChI=1S/C16H19NO3/c1-3-17-11-14-10-13-9-12(5-7-15(13)20-14)6-8-16(18)19-4-2/h5-10,17H,3-4,11H2,1-2H3/b8-6+. The minimum Gasteiger partial charge on any atom is -0.463 e. The Labute approximate surface area is 118 Å². The summed E-state index contributed by atoms with van der Waals surface area (Å²) in [4.78, 5) is 11.3. The van der Waals surface area contributed by atoms with Crippen molar-refractivity contribution in [3.8, 4) is 0 Å². The molecule has 1 aromatic heterocycles. The van der Waals surface area contributed by atoms with Crippen LogP contribution in [0.25, 0.3) is 17.0 Å². The zero-order valence-electron chi connectivity index (χ0n) is 11.8. The summed E-state index contributed by atoms with van der Waals surface area (Å²) >= 11 is 0. The molecule has 0 unspecified atom stereocenters. The highest BCUT2D eigenvalue weighted by Gasteiger charge is 2.03. The molecule has 1 heterocycles. The third-order valence-electron chi connectivity index (χ3n) is 2.84. The molecule has 0 aliphatic heterocycles. The van der Waals surface area contributed by atoms with Gasteiger partial charge in [0.1, 0.15) is 11.3 Å². The molecule has 0 radical (unpaired) electrons. The maximum absolute atomic E-state index is 11.3. The summed E-state index contributed by atoms with van der Waals surface area (Å²) in [5.74, 6) is 0.584. The van der Waals surface area contributed by atoms with Crippen LogP contribution >= 0.6 is 0 Å². The quantitative estimate of drug-likeness (QED) is 0.649. The van der Waals surface area contributed by atoms with Crippen molar-refractivity contribution in [2.75, 3.05) is 13.2 Å². The molecule has 0 fully saturated rings. The largest absolute Gasteiger partial charge is 0.463 e. The number of carbonyl (C=O) groups excluding carboxylic acids is 1. The van der Waals surface area contributed by atoms with Crippen LogP contribution in [0.3, 0.4) is 0 Å². The first kappa shape index (κ1) is 14.3. The third kappa shape index (κ3) is 3.71. The first-order valence-electron chi connectivity index (χ1n) is 6.81. The predicted molar refractivity (Wildman–Crippen MR) is 79.3 cm³/mol. The summed E-state index contributed by atoms with van der Waals surface area (Å²) in [5.41, 5.74) is 1.80. The van der Waals surface area contributed by atoms with Crippen molar-refractivity contribution in [2.45, 2.75) is 20.4 Å². The van der Waals surface area contributed by atoms with Crippen LogP contribution in [0.4, 0.5) is 0 Å². The van der Waals surface area contributed by atoms with E-state index in [1.807, 2.05) is 24.3 Å². The van der Waals surface area contributed by atoms with E-state index < -0.39 is 0 Å². The lowest BCUT2D eigenvalue weighted by Crippen LogP contribution is -2.10. The number of hydrogen-bond acceptors (Lipinski definition) is 4. The summed E-state index contributed by atoms with van der Waals surface area (Å²) in [7, 11) is 0. The van der Waals surface area contributed by atoms with Gasteiger partial charge in [0.25, 0.3) is 0 Å². The van der Waals surface area contributed by atoms with Crippen LogP contribution in [0.5, 0.6) is 0 Å². The first-order valence-corrected chi connectivity index (χ1v) is 6.81. The Bertz CT molecular complexity index is 613. The number of esters is 1. The fourth-order valence-corrected chi connectivity index (χ4v) is 1.91. The van der Waals surface area contributed by atoms with E-state index in [4.69, 9.17) is 9.15 Å². The highest BCUT2D eigenvalue weighted by atomic mass is 16.5. The molecule has 0 saturated heterocycles. The van der Waals surface area contributed by atoms with Crippen molar-refractivity contribution in [1.29, 1.82) is 0 Å². The van der Waals surface area contributed by atoms with Crippen molar-refractivity contribution in [3.05, 3.63) is 41.7 Å². The van der Waals surface area contributed by atoms with Crippen molar-refractivity contribution >= 4 is 23.0 Å². The third-order valence-corrected chi connectivity index (χ3v) is 2.84. The lowest BCUT2D eigenvalue weighted by molar-refractivity contribution is -0.137. The summed E-state index contributed by atoms with van der Waals surface area (Å²) in [6, 6.07) is 7.83. The SMILES string of the molecule is CCNCc1cc2cc(/C=C/C(=O)OCC)ccc2o1. The van der Waals surface area contributed by atoms with Gasteiger partial charge < -0.3 is 14.5 Å². The summed E-state index contributed by atoms with van der Waals surface area (Å²) in [6.07, 6.45) is 3.18. The van der Waals surface area contributed by atoms with Gasteiger partial charge >= 0.3 is 5.97 Å². The second kappa shape index (κ2) is 6.91. The van der Waals surface area contributed by atoms with Gasteiger partial charge in [-0.2, -0.15) is 0 Å². The van der Waals surface area contributed by atoms with E-state index in [0.717, 1.165) is 35.4 Å². The minimum atomic E-state index is -0.326. The van der Waals surface area contributed by atoms with E-state index in [0.29, 0.717) is 6.61 Å². The van der Waals surface area contributed by atoms with Crippen molar-refractivity contribution < 1.29 is 13.9 Å². The maximum atomic E-state index is 11.3. The van der Waals surface area contributed by atoms with Crippen molar-refractivity contribution in [3.63, 3.8) is 0 Å². The number of nitrogens with one attached hydrogen (secondary N) is 1. The lowest BCUT2D eigenvalue weighted by Gasteiger charge is -1.96. The molecule has 0 amide bonds. The Morgan fingerprint density at radius 3 is 2.95 bits per heavy atom. The van der Waals surface area contributed by atoms with E-state index >= 15 is 0 Å². The molecule has 2 rings (SSSR count). The normalized spacial score (nSPS) is 11.3. The van der Waals surface area contributed by atoms with Crippen molar-refractivity contribution in [1.82, 2.24) is 5.32 Å². The molecule has 0 saturated carbocycles. The van der Waals surface area contributed by atoms with E-state index in [1.165, 1.54) is 6.08 Å². The van der Waals surface area contributed by atoms with E-state index in [2.05, 4.69) is 12.2 Å². The number of benzene rings is 1. The number of hydrogen-bond donors (Lipinski definition) is 1. The molecule has 20 heavy (non-hydrogen) atoms. The predicted octanol–water partition coefficient (Wildman–Crippen LogP) is 3.12. The van der Waals surface area contributed by atoms with Crippen molar-refractivity contribution in [2.24, 2.45) is 0 Å². The Morgan fingerprint density at radius 2 is 2.20 bits per heavy atom. The van der Waals surface area contributed by atoms with Gasteiger partial charge in [-0.15, -0.1) is 0 Å². The molecule has 2 aromatic rings. The Kier molecular flexibility index (Phi) is 4.96. The number of fused-ring (bicyclic) bond motifs is 1. The smallest absolute Gasteiger partial charge is 0.330 e. The number of ether oxygens (including phenoxy) is 1. The van der Waals surface area contributed by atoms with Crippen LogP contribution in [-0.2, 0) is 16.1 Å². The van der Waals surface area contributed by atoms with E-state index in [-0.39, 0.29) is 5.97 Å². The molecule has 1 N–H and O–H groups in total. The highest BCUT2D eigenvalue weighted by molar-refractivity contribution is 5.88. The zero-order chi connectivity index (χ0) is 14.4. The number of carbonyl (C=O) groups is 1. The molecule has 106 valence electrons. The molecule has 0 spiro atoms. The van der Waals surface area contributed by atoms with Gasteiger partial charge in [-0.1, -0.05) is 13.0 Å². The maximum Gasteiger partial charge on any atom is 0.330 e. The Morgan fingerprint density at radius 1 is 1.35 bits per heavy atom. The topological polar surface area (TPSA) is 51.5 Å². The second-order valence-corrected chi connectivity index (χ2v) is 4.38. The molecular formula is C16H19NO3. The summed E-state index contributed by atoms with van der Waals surface area (Å²) < 4.78 is 10.6. The molecule has 4 heteroatoms. The molecule has 0 aliphatic carbocycles. The second-order valence-electron chi connectivity index (χ2n) is 4.38. The van der Waals surface area contributed by atoms with Gasteiger partial charge in [-0.3, -0.25) is 0 Å². The van der Waals surface area contributed by atoms with E-state index in [1.54, 1.807) is 13.0 Å². The van der Waals surface area contributed by atoms with Gasteiger partial charge in [0.15, 0.2) is 0 Å².